The molecule has 0 saturated carbocycles. The van der Waals surface area contributed by atoms with Gasteiger partial charge in [-0.05, 0) is 18.1 Å². The lowest BCUT2D eigenvalue weighted by Gasteiger charge is -2.09. The Morgan fingerprint density at radius 3 is 2.62 bits per heavy atom. The van der Waals surface area contributed by atoms with Crippen molar-refractivity contribution in [2.45, 2.75) is 52.1 Å². The number of nitrogens with zero attached hydrogens (tertiary/aromatic N) is 1. The van der Waals surface area contributed by atoms with E-state index in [4.69, 9.17) is 4.74 Å². The third kappa shape index (κ3) is 4.71. The second-order valence-electron chi connectivity index (χ2n) is 5.41. The molecule has 2 rings (SSSR count). The van der Waals surface area contributed by atoms with Crippen molar-refractivity contribution in [1.82, 2.24) is 4.98 Å². The van der Waals surface area contributed by atoms with Gasteiger partial charge in [0.25, 0.3) is 0 Å². The summed E-state index contributed by atoms with van der Waals surface area (Å²) in [5.41, 5.74) is 1.75. The van der Waals surface area contributed by atoms with Crippen LogP contribution in [0.25, 0.3) is 10.9 Å². The fraction of sp³-hybridized carbons (Fsp3) is 0.500. The molecule has 0 radical (unpaired) electrons. The summed E-state index contributed by atoms with van der Waals surface area (Å²) in [5.74, 6) is 0.617. The molecule has 0 aliphatic rings. The number of para-hydroxylation sites is 1. The third-order valence-electron chi connectivity index (χ3n) is 3.70. The van der Waals surface area contributed by atoms with Gasteiger partial charge in [0.2, 0.25) is 5.88 Å². The summed E-state index contributed by atoms with van der Waals surface area (Å²) in [7, 11) is 0. The number of hydrogen-bond acceptors (Lipinski definition) is 3. The molecule has 0 aliphatic heterocycles. The number of benzene rings is 1. The Balaban J connectivity index is 1.87. The largest absolute Gasteiger partial charge is 0.478 e. The van der Waals surface area contributed by atoms with Gasteiger partial charge in [-0.15, -0.1) is 0 Å². The van der Waals surface area contributed by atoms with Crippen LogP contribution in [0.3, 0.4) is 0 Å². The zero-order valence-corrected chi connectivity index (χ0v) is 12.8. The van der Waals surface area contributed by atoms with Crippen LogP contribution in [0.4, 0.5) is 0 Å². The first-order valence-corrected chi connectivity index (χ1v) is 7.97. The first-order valence-electron chi connectivity index (χ1n) is 7.97. The van der Waals surface area contributed by atoms with E-state index in [1.54, 1.807) is 0 Å². The normalized spacial score (nSPS) is 11.0. The maximum absolute atomic E-state index is 9.47. The van der Waals surface area contributed by atoms with Crippen LogP contribution in [-0.4, -0.2) is 16.7 Å². The van der Waals surface area contributed by atoms with Crippen molar-refractivity contribution in [2.24, 2.45) is 0 Å². The first kappa shape index (κ1) is 15.8. The molecule has 21 heavy (non-hydrogen) atoms. The Morgan fingerprint density at radius 2 is 1.81 bits per heavy atom. The van der Waals surface area contributed by atoms with Gasteiger partial charge in [-0.1, -0.05) is 57.2 Å². The lowest BCUT2D eigenvalue weighted by atomic mass is 10.1. The Labute approximate surface area is 127 Å². The summed E-state index contributed by atoms with van der Waals surface area (Å²) in [6.07, 6.45) is 7.48. The number of aromatic nitrogens is 1. The molecule has 1 aromatic carbocycles. The van der Waals surface area contributed by atoms with Crippen LogP contribution in [0.15, 0.2) is 30.3 Å². The van der Waals surface area contributed by atoms with Crippen LogP contribution < -0.4 is 4.74 Å². The van der Waals surface area contributed by atoms with Crippen molar-refractivity contribution in [3.05, 3.63) is 35.9 Å². The molecule has 1 heterocycles. The Morgan fingerprint density at radius 1 is 1.05 bits per heavy atom. The fourth-order valence-corrected chi connectivity index (χ4v) is 2.48. The molecule has 114 valence electrons. The van der Waals surface area contributed by atoms with E-state index >= 15 is 0 Å². The van der Waals surface area contributed by atoms with Crippen molar-refractivity contribution >= 4 is 10.9 Å². The predicted molar refractivity (Wildman–Crippen MR) is 86.5 cm³/mol. The highest BCUT2D eigenvalue weighted by atomic mass is 16.5. The van der Waals surface area contributed by atoms with Gasteiger partial charge in [0.1, 0.15) is 0 Å². The van der Waals surface area contributed by atoms with E-state index in [1.165, 1.54) is 32.1 Å². The molecule has 3 heteroatoms. The number of ether oxygens (including phenoxy) is 1. The van der Waals surface area contributed by atoms with Crippen molar-refractivity contribution in [3.63, 3.8) is 0 Å². The molecule has 0 unspecified atom stereocenters. The maximum Gasteiger partial charge on any atom is 0.214 e. The number of aliphatic hydroxyl groups excluding tert-OH is 1. The number of rotatable bonds is 9. The maximum atomic E-state index is 9.47. The number of unbranched alkanes of at least 4 members (excludes halogenated alkanes) is 5. The van der Waals surface area contributed by atoms with Gasteiger partial charge in [0.05, 0.1) is 18.7 Å². The van der Waals surface area contributed by atoms with E-state index in [2.05, 4.69) is 11.9 Å². The lowest BCUT2D eigenvalue weighted by molar-refractivity contribution is 0.277. The van der Waals surface area contributed by atoms with Crippen LogP contribution in [-0.2, 0) is 6.61 Å². The summed E-state index contributed by atoms with van der Waals surface area (Å²) >= 11 is 0. The van der Waals surface area contributed by atoms with Crippen LogP contribution in [0.1, 0.15) is 51.0 Å². The highest BCUT2D eigenvalue weighted by Crippen LogP contribution is 2.22. The van der Waals surface area contributed by atoms with E-state index in [-0.39, 0.29) is 6.61 Å². The summed E-state index contributed by atoms with van der Waals surface area (Å²) in [5, 5.41) is 10.5. The minimum Gasteiger partial charge on any atom is -0.478 e. The summed E-state index contributed by atoms with van der Waals surface area (Å²) in [6, 6.07) is 9.69. The van der Waals surface area contributed by atoms with Crippen LogP contribution >= 0.6 is 0 Å². The number of aliphatic hydroxyl groups is 1. The van der Waals surface area contributed by atoms with Crippen LogP contribution in [0.2, 0.25) is 0 Å². The molecule has 0 atom stereocenters. The average Bonchev–Trinajstić information content (AvgIpc) is 2.53. The zero-order valence-electron chi connectivity index (χ0n) is 12.8. The molecule has 0 aliphatic carbocycles. The van der Waals surface area contributed by atoms with E-state index in [0.717, 1.165) is 22.9 Å². The Bertz CT molecular complexity index is 554. The van der Waals surface area contributed by atoms with Gasteiger partial charge in [-0.25, -0.2) is 4.98 Å². The summed E-state index contributed by atoms with van der Waals surface area (Å²) < 4.78 is 5.74. The molecule has 0 fully saturated rings. The van der Waals surface area contributed by atoms with Crippen molar-refractivity contribution < 1.29 is 9.84 Å². The lowest BCUT2D eigenvalue weighted by Crippen LogP contribution is -2.01. The summed E-state index contributed by atoms with van der Waals surface area (Å²) in [6.45, 7) is 2.94. The van der Waals surface area contributed by atoms with Gasteiger partial charge in [-0.3, -0.25) is 0 Å². The topological polar surface area (TPSA) is 42.4 Å². The molecule has 2 aromatic rings. The quantitative estimate of drug-likeness (QED) is 0.692. The van der Waals surface area contributed by atoms with Crippen molar-refractivity contribution in [3.8, 4) is 5.88 Å². The molecule has 1 aromatic heterocycles. The van der Waals surface area contributed by atoms with Gasteiger partial charge in [0, 0.05) is 11.5 Å². The minimum absolute atomic E-state index is 0.0103. The number of fused-ring (bicyclic) bond motifs is 1. The SMILES string of the molecule is CCCCCCCCOc1cc(CO)c2ccccc2n1. The Kier molecular flexibility index (Phi) is 6.48. The van der Waals surface area contributed by atoms with Gasteiger partial charge in [0.15, 0.2) is 0 Å². The number of hydrogen-bond donors (Lipinski definition) is 1. The molecule has 0 saturated heterocycles. The van der Waals surface area contributed by atoms with Crippen molar-refractivity contribution in [2.75, 3.05) is 6.61 Å². The molecular weight excluding hydrogens is 262 g/mol. The highest BCUT2D eigenvalue weighted by molar-refractivity contribution is 5.82. The molecule has 1 N–H and O–H groups in total. The standard InChI is InChI=1S/C18H25NO2/c1-2-3-4-5-6-9-12-21-18-13-15(14-20)16-10-7-8-11-17(16)19-18/h7-8,10-11,13,20H,2-6,9,12,14H2,1H3. The smallest absolute Gasteiger partial charge is 0.214 e. The molecular formula is C18H25NO2. The van der Waals surface area contributed by atoms with E-state index < -0.39 is 0 Å². The van der Waals surface area contributed by atoms with Crippen LogP contribution in [0.5, 0.6) is 5.88 Å². The van der Waals surface area contributed by atoms with E-state index in [9.17, 15) is 5.11 Å². The average molecular weight is 287 g/mol. The van der Waals surface area contributed by atoms with E-state index in [1.807, 2.05) is 30.3 Å². The number of pyridine rings is 1. The van der Waals surface area contributed by atoms with Gasteiger partial charge >= 0.3 is 0 Å². The molecule has 0 spiro atoms. The summed E-state index contributed by atoms with van der Waals surface area (Å²) in [4.78, 5) is 4.50. The predicted octanol–water partition coefficient (Wildman–Crippen LogP) is 4.47. The third-order valence-corrected chi connectivity index (χ3v) is 3.70. The second-order valence-corrected chi connectivity index (χ2v) is 5.41. The van der Waals surface area contributed by atoms with E-state index in [0.29, 0.717) is 12.5 Å². The minimum atomic E-state index is 0.0103. The second kappa shape index (κ2) is 8.63. The Hall–Kier alpha value is -1.61. The fourth-order valence-electron chi connectivity index (χ4n) is 2.48. The van der Waals surface area contributed by atoms with Crippen molar-refractivity contribution in [1.29, 1.82) is 0 Å². The first-order chi connectivity index (χ1) is 10.3. The molecule has 0 amide bonds. The van der Waals surface area contributed by atoms with Gasteiger partial charge in [-0.2, -0.15) is 0 Å². The van der Waals surface area contributed by atoms with Gasteiger partial charge < -0.3 is 9.84 Å². The zero-order chi connectivity index (χ0) is 14.9. The molecule has 3 nitrogen and oxygen atoms in total. The monoisotopic (exact) mass is 287 g/mol. The molecule has 0 bridgehead atoms. The van der Waals surface area contributed by atoms with Crippen LogP contribution in [0, 0.1) is 0 Å². The highest BCUT2D eigenvalue weighted by Gasteiger charge is 2.05.